The van der Waals surface area contributed by atoms with Gasteiger partial charge in [0.25, 0.3) is 0 Å². The van der Waals surface area contributed by atoms with Gasteiger partial charge >= 0.3 is 0 Å². The lowest BCUT2D eigenvalue weighted by Gasteiger charge is -2.36. The van der Waals surface area contributed by atoms with Crippen LogP contribution in [0.4, 0.5) is 4.39 Å². The first-order chi connectivity index (χ1) is 10.1. The van der Waals surface area contributed by atoms with E-state index in [2.05, 4.69) is 22.0 Å². The minimum Gasteiger partial charge on any atom is -0.363 e. The average Bonchev–Trinajstić information content (AvgIpc) is 2.49. The fourth-order valence-electron chi connectivity index (χ4n) is 2.36. The van der Waals surface area contributed by atoms with Crippen LogP contribution in [0.2, 0.25) is 5.02 Å². The Labute approximate surface area is 136 Å². The van der Waals surface area contributed by atoms with Crippen molar-refractivity contribution in [1.82, 2.24) is 15.1 Å². The van der Waals surface area contributed by atoms with Gasteiger partial charge in [0.2, 0.25) is 0 Å². The molecule has 1 N–H and O–H groups in total. The van der Waals surface area contributed by atoms with Gasteiger partial charge < -0.3 is 10.2 Å². The molecule has 1 aromatic carbocycles. The standard InChI is InChI=1S/C15H21ClFN3S/c1-2-6-18-15(21)20-9-7-19(8-10-20)11-12-13(16)4-3-5-14(12)17/h3-5H,2,6-11H2,1H3,(H,18,21). The van der Waals surface area contributed by atoms with Gasteiger partial charge in [-0.1, -0.05) is 24.6 Å². The molecule has 1 fully saturated rings. The molecule has 1 aliphatic heterocycles. The molecule has 0 atom stereocenters. The van der Waals surface area contributed by atoms with Crippen molar-refractivity contribution in [1.29, 1.82) is 0 Å². The van der Waals surface area contributed by atoms with Crippen molar-refractivity contribution < 1.29 is 4.39 Å². The normalized spacial score (nSPS) is 16.0. The number of benzene rings is 1. The Hall–Kier alpha value is -0.910. The maximum Gasteiger partial charge on any atom is 0.169 e. The highest BCUT2D eigenvalue weighted by molar-refractivity contribution is 7.80. The van der Waals surface area contributed by atoms with Crippen molar-refractivity contribution in [2.75, 3.05) is 32.7 Å². The van der Waals surface area contributed by atoms with Crippen molar-refractivity contribution in [3.05, 3.63) is 34.6 Å². The molecule has 21 heavy (non-hydrogen) atoms. The number of hydrogen-bond donors (Lipinski definition) is 1. The summed E-state index contributed by atoms with van der Waals surface area (Å²) in [6, 6.07) is 4.83. The van der Waals surface area contributed by atoms with Gasteiger partial charge in [0, 0.05) is 49.9 Å². The zero-order valence-electron chi connectivity index (χ0n) is 12.2. The zero-order chi connectivity index (χ0) is 15.2. The molecule has 6 heteroatoms. The van der Waals surface area contributed by atoms with Crippen LogP contribution >= 0.6 is 23.8 Å². The average molecular weight is 330 g/mol. The maximum absolute atomic E-state index is 13.8. The smallest absolute Gasteiger partial charge is 0.169 e. The molecule has 0 unspecified atom stereocenters. The summed E-state index contributed by atoms with van der Waals surface area (Å²) in [5.74, 6) is -0.231. The van der Waals surface area contributed by atoms with E-state index < -0.39 is 0 Å². The summed E-state index contributed by atoms with van der Waals surface area (Å²) >= 11 is 11.4. The van der Waals surface area contributed by atoms with Crippen LogP contribution < -0.4 is 5.32 Å². The summed E-state index contributed by atoms with van der Waals surface area (Å²) in [6.45, 7) is 7.02. The Morgan fingerprint density at radius 2 is 2.05 bits per heavy atom. The lowest BCUT2D eigenvalue weighted by Crippen LogP contribution is -2.51. The maximum atomic E-state index is 13.8. The van der Waals surface area contributed by atoms with Gasteiger partial charge in [-0.05, 0) is 30.8 Å². The van der Waals surface area contributed by atoms with E-state index in [1.807, 2.05) is 0 Å². The van der Waals surface area contributed by atoms with Gasteiger partial charge in [0.15, 0.2) is 5.11 Å². The molecule has 1 aliphatic rings. The Balaban J connectivity index is 1.86. The molecule has 0 spiro atoms. The van der Waals surface area contributed by atoms with Crippen molar-refractivity contribution in [2.45, 2.75) is 19.9 Å². The van der Waals surface area contributed by atoms with Crippen LogP contribution in [0.25, 0.3) is 0 Å². The predicted molar refractivity (Wildman–Crippen MR) is 89.2 cm³/mol. The summed E-state index contributed by atoms with van der Waals surface area (Å²) in [7, 11) is 0. The molecule has 1 aromatic rings. The lowest BCUT2D eigenvalue weighted by molar-refractivity contribution is 0.173. The van der Waals surface area contributed by atoms with E-state index in [1.165, 1.54) is 6.07 Å². The number of nitrogens with zero attached hydrogens (tertiary/aromatic N) is 2. The highest BCUT2D eigenvalue weighted by Crippen LogP contribution is 2.21. The van der Waals surface area contributed by atoms with Crippen LogP contribution in [0.3, 0.4) is 0 Å². The third-order valence-corrected chi connectivity index (χ3v) is 4.39. The SMILES string of the molecule is CCCNC(=S)N1CCN(Cc2c(F)cccc2Cl)CC1. The van der Waals surface area contributed by atoms with Crippen LogP contribution in [0.5, 0.6) is 0 Å². The van der Waals surface area contributed by atoms with E-state index in [4.69, 9.17) is 23.8 Å². The van der Waals surface area contributed by atoms with Crippen molar-refractivity contribution in [3.8, 4) is 0 Å². The minimum atomic E-state index is -0.231. The van der Waals surface area contributed by atoms with E-state index in [-0.39, 0.29) is 5.82 Å². The number of rotatable bonds is 4. The van der Waals surface area contributed by atoms with Gasteiger partial charge in [0.1, 0.15) is 5.82 Å². The van der Waals surface area contributed by atoms with Crippen molar-refractivity contribution in [2.24, 2.45) is 0 Å². The monoisotopic (exact) mass is 329 g/mol. The van der Waals surface area contributed by atoms with E-state index >= 15 is 0 Å². The molecule has 1 saturated heterocycles. The van der Waals surface area contributed by atoms with E-state index in [9.17, 15) is 4.39 Å². The van der Waals surface area contributed by atoms with E-state index in [0.717, 1.165) is 44.3 Å². The molecule has 116 valence electrons. The number of nitrogens with one attached hydrogen (secondary N) is 1. The first-order valence-corrected chi connectivity index (χ1v) is 8.08. The molecule has 0 bridgehead atoms. The lowest BCUT2D eigenvalue weighted by atomic mass is 10.2. The molecule has 0 aromatic heterocycles. The molecule has 2 rings (SSSR count). The largest absolute Gasteiger partial charge is 0.363 e. The van der Waals surface area contributed by atoms with Crippen LogP contribution in [0.15, 0.2) is 18.2 Å². The topological polar surface area (TPSA) is 18.5 Å². The van der Waals surface area contributed by atoms with Crippen LogP contribution in [0.1, 0.15) is 18.9 Å². The van der Waals surface area contributed by atoms with Gasteiger partial charge in [-0.2, -0.15) is 0 Å². The molecule has 0 amide bonds. The van der Waals surface area contributed by atoms with Gasteiger partial charge in [-0.3, -0.25) is 4.90 Å². The number of halogens is 2. The summed E-state index contributed by atoms with van der Waals surface area (Å²) in [6.07, 6.45) is 1.06. The van der Waals surface area contributed by atoms with Crippen molar-refractivity contribution in [3.63, 3.8) is 0 Å². The second-order valence-electron chi connectivity index (χ2n) is 5.20. The fraction of sp³-hybridized carbons (Fsp3) is 0.533. The number of hydrogen-bond acceptors (Lipinski definition) is 2. The first-order valence-electron chi connectivity index (χ1n) is 7.30. The fourth-order valence-corrected chi connectivity index (χ4v) is 2.87. The zero-order valence-corrected chi connectivity index (χ0v) is 13.8. The van der Waals surface area contributed by atoms with E-state index in [1.54, 1.807) is 12.1 Å². The summed E-state index contributed by atoms with van der Waals surface area (Å²) in [4.78, 5) is 4.38. The molecule has 1 heterocycles. The molecule has 0 radical (unpaired) electrons. The van der Waals surface area contributed by atoms with Gasteiger partial charge in [-0.25, -0.2) is 4.39 Å². The Morgan fingerprint density at radius 1 is 1.33 bits per heavy atom. The van der Waals surface area contributed by atoms with Gasteiger partial charge in [-0.15, -0.1) is 0 Å². The molecule has 0 saturated carbocycles. The Morgan fingerprint density at radius 3 is 2.67 bits per heavy atom. The predicted octanol–water partition coefficient (Wildman–Crippen LogP) is 2.88. The Kier molecular flexibility index (Phi) is 6.21. The van der Waals surface area contributed by atoms with E-state index in [0.29, 0.717) is 17.1 Å². The second-order valence-corrected chi connectivity index (χ2v) is 5.99. The minimum absolute atomic E-state index is 0.231. The van der Waals surface area contributed by atoms with Crippen LogP contribution in [0, 0.1) is 5.82 Å². The second kappa shape index (κ2) is 7.92. The molecule has 3 nitrogen and oxygen atoms in total. The highest BCUT2D eigenvalue weighted by atomic mass is 35.5. The summed E-state index contributed by atoms with van der Waals surface area (Å²) in [5, 5.41) is 4.56. The third kappa shape index (κ3) is 4.53. The molecular weight excluding hydrogens is 309 g/mol. The number of thiocarbonyl (C=S) groups is 1. The van der Waals surface area contributed by atoms with Crippen LogP contribution in [-0.2, 0) is 6.54 Å². The number of piperazine rings is 1. The molecule has 0 aliphatic carbocycles. The molecular formula is C15H21ClFN3S. The van der Waals surface area contributed by atoms with Crippen molar-refractivity contribution >= 4 is 28.9 Å². The van der Waals surface area contributed by atoms with Gasteiger partial charge in [0.05, 0.1) is 0 Å². The first kappa shape index (κ1) is 16.5. The third-order valence-electron chi connectivity index (χ3n) is 3.63. The summed E-state index contributed by atoms with van der Waals surface area (Å²) < 4.78 is 13.8. The highest BCUT2D eigenvalue weighted by Gasteiger charge is 2.20. The van der Waals surface area contributed by atoms with Crippen LogP contribution in [-0.4, -0.2) is 47.6 Å². The summed E-state index contributed by atoms with van der Waals surface area (Å²) in [5.41, 5.74) is 0.583. The Bertz CT molecular complexity index is 470. The quantitative estimate of drug-likeness (QED) is 0.856.